The summed E-state index contributed by atoms with van der Waals surface area (Å²) >= 11 is 17.0. The molecule has 0 fully saturated rings. The van der Waals surface area contributed by atoms with Crippen molar-refractivity contribution in [2.45, 2.75) is 36.6 Å². The molecule has 0 radical (unpaired) electrons. The third kappa shape index (κ3) is 10.6. The van der Waals surface area contributed by atoms with E-state index in [1.165, 1.54) is 5.38 Å². The third-order valence-electron chi connectivity index (χ3n) is 2.93. The molecule has 0 bridgehead atoms. The summed E-state index contributed by atoms with van der Waals surface area (Å²) < 4.78 is 2.82. The van der Waals surface area contributed by atoms with Crippen molar-refractivity contribution >= 4 is 81.0 Å². The van der Waals surface area contributed by atoms with E-state index in [0.717, 1.165) is 11.3 Å². The van der Waals surface area contributed by atoms with Crippen molar-refractivity contribution < 1.29 is 29.0 Å². The van der Waals surface area contributed by atoms with E-state index in [4.69, 9.17) is 39.5 Å². The molecule has 0 saturated heterocycles. The van der Waals surface area contributed by atoms with Gasteiger partial charge in [0.2, 0.25) is 0 Å². The van der Waals surface area contributed by atoms with Gasteiger partial charge in [0.1, 0.15) is 11.3 Å². The smallest absolute Gasteiger partial charge is 0.413 e. The predicted octanol–water partition coefficient (Wildman–Crippen LogP) is 2.95. The number of carboxylic acid groups (broad SMARTS) is 1. The summed E-state index contributed by atoms with van der Waals surface area (Å²) in [5.74, 6) is -2.42. The average molecular weight is 517 g/mol. The van der Waals surface area contributed by atoms with Crippen LogP contribution >= 0.6 is 46.1 Å². The van der Waals surface area contributed by atoms with Crippen molar-refractivity contribution in [1.82, 2.24) is 15.6 Å². The highest BCUT2D eigenvalue weighted by Crippen LogP contribution is 2.25. The molecule has 1 rings (SSSR count). The standard InChI is InChI=1S/C16H20Cl3N5O6S/c1-15(2,3)30-14(29)24-13-22-8(7-31-13)9(10(25)26)20-5-4-6-21-12(28)23-11(27)16(17,18)19/h7H,4-6H2,1-3H3,(H,25,26)(H,22,24,29)(H2,21,23,27,28). The molecule has 0 unspecified atom stereocenters. The number of halogens is 3. The Hall–Kier alpha value is -2.15. The number of carboxylic acids is 1. The average Bonchev–Trinajstić information content (AvgIpc) is 3.02. The normalized spacial score (nSPS) is 12.1. The van der Waals surface area contributed by atoms with E-state index in [1.807, 2.05) is 5.32 Å². The van der Waals surface area contributed by atoms with Gasteiger partial charge in [-0.1, -0.05) is 34.8 Å². The summed E-state index contributed by atoms with van der Waals surface area (Å²) in [7, 11) is 0. The van der Waals surface area contributed by atoms with Crippen LogP contribution in [-0.4, -0.2) is 62.3 Å². The van der Waals surface area contributed by atoms with E-state index < -0.39 is 33.4 Å². The molecule has 0 atom stereocenters. The number of urea groups is 1. The molecule has 1 heterocycles. The Labute approximate surface area is 196 Å². The minimum atomic E-state index is -2.28. The molecule has 15 heteroatoms. The number of rotatable bonds is 7. The second kappa shape index (κ2) is 11.5. The molecule has 0 aromatic carbocycles. The topological polar surface area (TPSA) is 159 Å². The number of ether oxygens (including phenoxy) is 1. The zero-order chi connectivity index (χ0) is 23.8. The van der Waals surface area contributed by atoms with Crippen molar-refractivity contribution in [2.24, 2.45) is 4.99 Å². The first-order chi connectivity index (χ1) is 14.2. The fraction of sp³-hybridized carbons (Fsp3) is 0.500. The predicted molar refractivity (Wildman–Crippen MR) is 117 cm³/mol. The second-order valence-corrected chi connectivity index (χ2v) is 9.90. The Morgan fingerprint density at radius 1 is 1.23 bits per heavy atom. The Kier molecular flexibility index (Phi) is 9.94. The molecule has 11 nitrogen and oxygen atoms in total. The maximum absolute atomic E-state index is 11.8. The van der Waals surface area contributed by atoms with Crippen LogP contribution in [0.15, 0.2) is 10.4 Å². The summed E-state index contributed by atoms with van der Waals surface area (Å²) in [6, 6.07) is -0.879. The second-order valence-electron chi connectivity index (χ2n) is 6.76. The van der Waals surface area contributed by atoms with Crippen LogP contribution in [0.1, 0.15) is 32.9 Å². The van der Waals surface area contributed by atoms with E-state index >= 15 is 0 Å². The van der Waals surface area contributed by atoms with Gasteiger partial charge in [-0.25, -0.2) is 19.4 Å². The van der Waals surface area contributed by atoms with Crippen molar-refractivity contribution in [2.75, 3.05) is 18.4 Å². The minimum Gasteiger partial charge on any atom is -0.476 e. The molecular formula is C16H20Cl3N5O6S. The summed E-state index contributed by atoms with van der Waals surface area (Å²) in [5.41, 5.74) is -0.955. The monoisotopic (exact) mass is 515 g/mol. The quantitative estimate of drug-likeness (QED) is 0.246. The number of carbonyl (C=O) groups excluding carboxylic acids is 3. The van der Waals surface area contributed by atoms with E-state index in [2.05, 4.69) is 20.6 Å². The maximum atomic E-state index is 11.8. The van der Waals surface area contributed by atoms with Gasteiger partial charge in [0.05, 0.1) is 0 Å². The van der Waals surface area contributed by atoms with E-state index in [1.54, 1.807) is 20.8 Å². The lowest BCUT2D eigenvalue weighted by Crippen LogP contribution is -2.44. The van der Waals surface area contributed by atoms with E-state index in [9.17, 15) is 24.3 Å². The van der Waals surface area contributed by atoms with Gasteiger partial charge in [-0.2, -0.15) is 0 Å². The Bertz CT molecular complexity index is 863. The first-order valence-corrected chi connectivity index (χ1v) is 10.6. The Morgan fingerprint density at radius 3 is 2.42 bits per heavy atom. The molecule has 31 heavy (non-hydrogen) atoms. The van der Waals surface area contributed by atoms with Crippen LogP contribution in [0.4, 0.5) is 14.7 Å². The van der Waals surface area contributed by atoms with Crippen molar-refractivity contribution in [3.8, 4) is 0 Å². The number of nitrogens with zero attached hydrogens (tertiary/aromatic N) is 2. The zero-order valence-corrected chi connectivity index (χ0v) is 19.7. The Morgan fingerprint density at radius 2 is 1.87 bits per heavy atom. The largest absolute Gasteiger partial charge is 0.476 e. The van der Waals surface area contributed by atoms with Crippen LogP contribution in [0.5, 0.6) is 0 Å². The molecule has 4 N–H and O–H groups in total. The molecule has 172 valence electrons. The third-order valence-corrected chi connectivity index (χ3v) is 4.20. The van der Waals surface area contributed by atoms with E-state index in [-0.39, 0.29) is 36.0 Å². The number of hydrogen-bond donors (Lipinski definition) is 4. The van der Waals surface area contributed by atoms with Crippen molar-refractivity contribution in [3.63, 3.8) is 0 Å². The summed E-state index contributed by atoms with van der Waals surface area (Å²) in [6.07, 6.45) is -0.473. The van der Waals surface area contributed by atoms with Crippen LogP contribution < -0.4 is 16.0 Å². The molecule has 0 saturated carbocycles. The van der Waals surface area contributed by atoms with Gasteiger partial charge in [0, 0.05) is 18.5 Å². The summed E-state index contributed by atoms with van der Waals surface area (Å²) in [6.45, 7) is 5.20. The number of alkyl halides is 3. The molecule has 0 aliphatic rings. The van der Waals surface area contributed by atoms with Gasteiger partial charge in [-0.3, -0.25) is 20.4 Å². The molecule has 0 aliphatic carbocycles. The molecule has 1 aromatic heterocycles. The lowest BCUT2D eigenvalue weighted by atomic mass is 10.2. The first kappa shape index (κ1) is 26.9. The number of anilines is 1. The zero-order valence-electron chi connectivity index (χ0n) is 16.6. The first-order valence-electron chi connectivity index (χ1n) is 8.58. The molecular weight excluding hydrogens is 497 g/mol. The summed E-state index contributed by atoms with van der Waals surface area (Å²) in [4.78, 5) is 54.1. The van der Waals surface area contributed by atoms with Gasteiger partial charge < -0.3 is 15.2 Å². The lowest BCUT2D eigenvalue weighted by Gasteiger charge is -2.18. The highest BCUT2D eigenvalue weighted by molar-refractivity contribution is 7.14. The van der Waals surface area contributed by atoms with Crippen LogP contribution in [0.2, 0.25) is 0 Å². The number of nitrogens with one attached hydrogen (secondary N) is 3. The molecule has 4 amide bonds. The highest BCUT2D eigenvalue weighted by atomic mass is 35.6. The number of aliphatic imine (C=N–C) groups is 1. The van der Waals surface area contributed by atoms with Crippen molar-refractivity contribution in [1.29, 1.82) is 0 Å². The fourth-order valence-corrected chi connectivity index (χ4v) is 2.60. The highest BCUT2D eigenvalue weighted by Gasteiger charge is 2.31. The van der Waals surface area contributed by atoms with Gasteiger partial charge >= 0.3 is 18.1 Å². The van der Waals surface area contributed by atoms with Gasteiger partial charge in [-0.15, -0.1) is 11.3 Å². The van der Waals surface area contributed by atoms with Crippen molar-refractivity contribution in [3.05, 3.63) is 11.1 Å². The fourth-order valence-electron chi connectivity index (χ4n) is 1.78. The van der Waals surface area contributed by atoms with Gasteiger partial charge in [0.15, 0.2) is 10.8 Å². The molecule has 0 aliphatic heterocycles. The van der Waals surface area contributed by atoms with Crippen LogP contribution in [0.25, 0.3) is 0 Å². The number of amides is 4. The Balaban J connectivity index is 2.58. The lowest BCUT2D eigenvalue weighted by molar-refractivity contribution is -0.129. The van der Waals surface area contributed by atoms with Crippen LogP contribution in [0, 0.1) is 0 Å². The SMILES string of the molecule is CC(C)(C)OC(=O)Nc1nc(C(=NCCCNC(=O)NC(=O)C(Cl)(Cl)Cl)C(=O)O)cs1. The van der Waals surface area contributed by atoms with Gasteiger partial charge in [-0.05, 0) is 27.2 Å². The number of thiazole rings is 1. The maximum Gasteiger partial charge on any atom is 0.413 e. The molecule has 1 aromatic rings. The van der Waals surface area contributed by atoms with Gasteiger partial charge in [0.25, 0.3) is 9.70 Å². The van der Waals surface area contributed by atoms with E-state index in [0.29, 0.717) is 0 Å². The summed E-state index contributed by atoms with van der Waals surface area (Å²) in [5, 5.41) is 17.5. The minimum absolute atomic E-state index is 0.0344. The van der Waals surface area contributed by atoms with Crippen LogP contribution in [-0.2, 0) is 14.3 Å². The number of aliphatic carboxylic acids is 1. The number of aromatic nitrogens is 1. The number of imide groups is 1. The number of hydrogen-bond acceptors (Lipinski definition) is 8. The van der Waals surface area contributed by atoms with Crippen LogP contribution in [0.3, 0.4) is 0 Å². The molecule has 0 spiro atoms. The number of carbonyl (C=O) groups is 4.